The number of rotatable bonds is 7. The molecule has 1 saturated heterocycles. The second kappa shape index (κ2) is 8.07. The summed E-state index contributed by atoms with van der Waals surface area (Å²) in [6.45, 7) is 8.69. The van der Waals surface area contributed by atoms with Gasteiger partial charge in [-0.15, -0.1) is 5.10 Å². The minimum Gasteiger partial charge on any atom is -0.489 e. The van der Waals surface area contributed by atoms with Crippen LogP contribution in [0.2, 0.25) is 0 Å². The van der Waals surface area contributed by atoms with Crippen molar-refractivity contribution in [3.8, 4) is 16.9 Å². The van der Waals surface area contributed by atoms with E-state index in [0.29, 0.717) is 43.5 Å². The third kappa shape index (κ3) is 3.77. The molecule has 2 N–H and O–H groups in total. The number of nitrogens with one attached hydrogen (secondary N) is 2. The maximum atomic E-state index is 12.0. The maximum Gasteiger partial charge on any atom is 0.243 e. The molecule has 4 rings (SSSR count). The van der Waals surface area contributed by atoms with E-state index in [-0.39, 0.29) is 12.0 Å². The van der Waals surface area contributed by atoms with Gasteiger partial charge in [-0.3, -0.25) is 5.10 Å². The van der Waals surface area contributed by atoms with Crippen molar-refractivity contribution in [1.82, 2.24) is 29.1 Å². The van der Waals surface area contributed by atoms with Gasteiger partial charge in [0.15, 0.2) is 11.4 Å². The molecule has 0 spiro atoms. The lowest BCUT2D eigenvalue weighted by molar-refractivity contribution is 0.263. The zero-order chi connectivity index (χ0) is 21.3. The molecule has 0 amide bonds. The number of sulfonamides is 1. The summed E-state index contributed by atoms with van der Waals surface area (Å²) in [5.41, 5.74) is 2.40. The van der Waals surface area contributed by atoms with E-state index in [9.17, 15) is 8.42 Å². The van der Waals surface area contributed by atoms with Gasteiger partial charge in [0.1, 0.15) is 0 Å². The van der Waals surface area contributed by atoms with Crippen LogP contribution in [0.25, 0.3) is 16.8 Å². The molecule has 30 heavy (non-hydrogen) atoms. The minimum absolute atomic E-state index is 0.0579. The largest absolute Gasteiger partial charge is 0.489 e. The van der Waals surface area contributed by atoms with Gasteiger partial charge < -0.3 is 10.1 Å². The van der Waals surface area contributed by atoms with Crippen LogP contribution in [0, 0.1) is 5.92 Å². The Balaban J connectivity index is 1.59. The molecule has 2 atom stereocenters. The van der Waals surface area contributed by atoms with E-state index in [2.05, 4.69) is 32.2 Å². The van der Waals surface area contributed by atoms with Crippen LogP contribution in [-0.4, -0.2) is 63.3 Å². The molecule has 0 unspecified atom stereocenters. The molecule has 11 heteroatoms. The Morgan fingerprint density at radius 3 is 2.97 bits per heavy atom. The summed E-state index contributed by atoms with van der Waals surface area (Å²) < 4.78 is 33.1. The highest BCUT2D eigenvalue weighted by molar-refractivity contribution is 7.92. The highest BCUT2D eigenvalue weighted by atomic mass is 32.2. The Morgan fingerprint density at radius 1 is 1.47 bits per heavy atom. The van der Waals surface area contributed by atoms with Crippen LogP contribution in [0.1, 0.15) is 20.3 Å². The predicted octanol–water partition coefficient (Wildman–Crippen LogP) is 2.11. The van der Waals surface area contributed by atoms with Crippen molar-refractivity contribution in [2.75, 3.05) is 25.0 Å². The van der Waals surface area contributed by atoms with Crippen LogP contribution in [0.4, 0.5) is 5.95 Å². The number of aromatic nitrogens is 5. The number of aromatic amines is 1. The van der Waals surface area contributed by atoms with Crippen LogP contribution >= 0.6 is 0 Å². The van der Waals surface area contributed by atoms with Gasteiger partial charge in [-0.1, -0.05) is 13.5 Å². The monoisotopic (exact) mass is 431 g/mol. The molecule has 3 aromatic rings. The van der Waals surface area contributed by atoms with Crippen molar-refractivity contribution in [1.29, 1.82) is 0 Å². The first-order valence-electron chi connectivity index (χ1n) is 9.83. The number of pyridine rings is 1. The Hall–Kier alpha value is -2.92. The summed E-state index contributed by atoms with van der Waals surface area (Å²) in [5, 5.41) is 15.7. The first-order chi connectivity index (χ1) is 14.4. The fourth-order valence-electron chi connectivity index (χ4n) is 3.72. The molecule has 0 saturated carbocycles. The van der Waals surface area contributed by atoms with Gasteiger partial charge in [0.25, 0.3) is 0 Å². The summed E-state index contributed by atoms with van der Waals surface area (Å²) in [5.74, 6) is 1.21. The Morgan fingerprint density at radius 2 is 2.30 bits per heavy atom. The lowest BCUT2D eigenvalue weighted by atomic mass is 9.95. The van der Waals surface area contributed by atoms with Gasteiger partial charge in [-0.05, 0) is 25.3 Å². The SMILES string of the molecule is C=CS(=O)(=O)N1CC[C@H](Nc2nc3c(OCC)c(-c4cn[nH]c4)ccn3n2)[C@H](C)C1. The number of piperidine rings is 1. The molecule has 1 aliphatic rings. The zero-order valence-corrected chi connectivity index (χ0v) is 17.8. The lowest BCUT2D eigenvalue weighted by Gasteiger charge is -2.35. The molecule has 0 radical (unpaired) electrons. The smallest absolute Gasteiger partial charge is 0.243 e. The fourth-order valence-corrected chi connectivity index (χ4v) is 4.73. The second-order valence-corrected chi connectivity index (χ2v) is 9.15. The first-order valence-corrected chi connectivity index (χ1v) is 11.3. The number of ether oxygens (including phenoxy) is 1. The zero-order valence-electron chi connectivity index (χ0n) is 16.9. The van der Waals surface area contributed by atoms with Gasteiger partial charge in [-0.2, -0.15) is 14.4 Å². The van der Waals surface area contributed by atoms with E-state index in [1.807, 2.05) is 26.1 Å². The molecular weight excluding hydrogens is 406 g/mol. The summed E-state index contributed by atoms with van der Waals surface area (Å²) in [6.07, 6.45) is 6.02. The molecule has 1 aliphatic heterocycles. The van der Waals surface area contributed by atoms with Gasteiger partial charge in [0.05, 0.1) is 12.8 Å². The van der Waals surface area contributed by atoms with E-state index in [4.69, 9.17) is 4.74 Å². The fraction of sp³-hybridized carbons (Fsp3) is 0.421. The standard InChI is InChI=1S/C19H25N7O3S/c1-4-29-17-15(14-10-20-21-11-14)6-9-26-18(17)23-19(24-26)22-16-7-8-25(12-13(16)3)30(27,28)5-2/h5-6,9-11,13,16H,2,4,7-8,12H2,1,3H3,(H,20,21)(H,22,24)/t13-,16+/m1/s1. The van der Waals surface area contributed by atoms with E-state index < -0.39 is 10.0 Å². The Kier molecular flexibility index (Phi) is 5.48. The highest BCUT2D eigenvalue weighted by Gasteiger charge is 2.32. The summed E-state index contributed by atoms with van der Waals surface area (Å²) >= 11 is 0. The molecule has 4 heterocycles. The molecule has 0 aromatic carbocycles. The van der Waals surface area contributed by atoms with Gasteiger partial charge in [0, 0.05) is 48.1 Å². The van der Waals surface area contributed by atoms with Crippen LogP contribution in [0.15, 0.2) is 36.6 Å². The van der Waals surface area contributed by atoms with Gasteiger partial charge >= 0.3 is 0 Å². The minimum atomic E-state index is -3.40. The van der Waals surface area contributed by atoms with Crippen molar-refractivity contribution < 1.29 is 13.2 Å². The van der Waals surface area contributed by atoms with E-state index in [1.165, 1.54) is 4.31 Å². The lowest BCUT2D eigenvalue weighted by Crippen LogP contribution is -2.47. The Bertz CT molecular complexity index is 1140. The quantitative estimate of drug-likeness (QED) is 0.588. The van der Waals surface area contributed by atoms with Crippen LogP contribution in [0.5, 0.6) is 5.75 Å². The van der Waals surface area contributed by atoms with Crippen LogP contribution in [-0.2, 0) is 10.0 Å². The van der Waals surface area contributed by atoms with Crippen molar-refractivity contribution in [2.24, 2.45) is 5.92 Å². The van der Waals surface area contributed by atoms with Gasteiger partial charge in [-0.25, -0.2) is 12.9 Å². The van der Waals surface area contributed by atoms with Gasteiger partial charge in [0.2, 0.25) is 16.0 Å². The van der Waals surface area contributed by atoms with E-state index >= 15 is 0 Å². The predicted molar refractivity (Wildman–Crippen MR) is 114 cm³/mol. The summed E-state index contributed by atoms with van der Waals surface area (Å²) in [4.78, 5) is 4.65. The highest BCUT2D eigenvalue weighted by Crippen LogP contribution is 2.33. The molecule has 160 valence electrons. The molecule has 10 nitrogen and oxygen atoms in total. The number of H-pyrrole nitrogens is 1. The molecule has 0 aliphatic carbocycles. The first kappa shape index (κ1) is 20.4. The topological polar surface area (TPSA) is 118 Å². The third-order valence-electron chi connectivity index (χ3n) is 5.31. The molecule has 3 aromatic heterocycles. The van der Waals surface area contributed by atoms with Crippen LogP contribution < -0.4 is 10.1 Å². The summed E-state index contributed by atoms with van der Waals surface area (Å²) in [6, 6.07) is 1.98. The van der Waals surface area contributed by atoms with Crippen molar-refractivity contribution in [3.05, 3.63) is 36.6 Å². The number of anilines is 1. The normalized spacial score (nSPS) is 20.3. The van der Waals surface area contributed by atoms with E-state index in [1.54, 1.807) is 16.9 Å². The number of nitrogens with zero attached hydrogens (tertiary/aromatic N) is 5. The van der Waals surface area contributed by atoms with Crippen molar-refractivity contribution >= 4 is 21.6 Å². The third-order valence-corrected chi connectivity index (χ3v) is 6.78. The van der Waals surface area contributed by atoms with E-state index in [0.717, 1.165) is 16.5 Å². The van der Waals surface area contributed by atoms with Crippen LogP contribution in [0.3, 0.4) is 0 Å². The second-order valence-electron chi connectivity index (χ2n) is 7.27. The molecule has 0 bridgehead atoms. The Labute approximate surface area is 175 Å². The summed E-state index contributed by atoms with van der Waals surface area (Å²) in [7, 11) is -3.40. The maximum absolute atomic E-state index is 12.0. The van der Waals surface area contributed by atoms with Crippen molar-refractivity contribution in [2.45, 2.75) is 26.3 Å². The average Bonchev–Trinajstić information content (AvgIpc) is 3.39. The number of fused-ring (bicyclic) bond motifs is 1. The molecule has 1 fully saturated rings. The molecular formula is C19H25N7O3S. The van der Waals surface area contributed by atoms with Crippen molar-refractivity contribution in [3.63, 3.8) is 0 Å². The number of hydrogen-bond acceptors (Lipinski definition) is 7. The number of hydrogen-bond donors (Lipinski definition) is 2. The average molecular weight is 432 g/mol.